The Labute approximate surface area is 139 Å². The molecule has 2 aromatic rings. The van der Waals surface area contributed by atoms with Gasteiger partial charge in [0, 0.05) is 12.2 Å². The molecule has 124 valence electrons. The number of aromatic nitrogens is 2. The second kappa shape index (κ2) is 7.97. The van der Waals surface area contributed by atoms with Crippen molar-refractivity contribution in [3.8, 4) is 5.75 Å². The summed E-state index contributed by atoms with van der Waals surface area (Å²) in [4.78, 5) is 12.0. The number of H-pyrrole nitrogens is 1. The molecule has 0 aliphatic rings. The first-order valence-electron chi connectivity index (χ1n) is 7.35. The average Bonchev–Trinajstić information content (AvgIpc) is 2.91. The van der Waals surface area contributed by atoms with Crippen LogP contribution >= 0.6 is 11.6 Å². The Morgan fingerprint density at radius 1 is 1.52 bits per heavy atom. The van der Waals surface area contributed by atoms with Crippen molar-refractivity contribution in [2.45, 2.75) is 32.8 Å². The number of rotatable bonds is 7. The first kappa shape index (κ1) is 17.3. The SMILES string of the molecule is Cc1[nH]ncc1CCCNC(=O)[C@H](C)Oc1ccc(F)cc1Cl. The first-order chi connectivity index (χ1) is 11.0. The van der Waals surface area contributed by atoms with Crippen LogP contribution in [-0.2, 0) is 11.2 Å². The highest BCUT2D eigenvalue weighted by molar-refractivity contribution is 6.32. The van der Waals surface area contributed by atoms with Gasteiger partial charge in [0.15, 0.2) is 6.10 Å². The van der Waals surface area contributed by atoms with E-state index in [2.05, 4.69) is 15.5 Å². The molecular weight excluding hydrogens is 321 g/mol. The van der Waals surface area contributed by atoms with Gasteiger partial charge in [-0.3, -0.25) is 9.89 Å². The van der Waals surface area contributed by atoms with Crippen molar-refractivity contribution < 1.29 is 13.9 Å². The van der Waals surface area contributed by atoms with Gasteiger partial charge in [0.2, 0.25) is 0 Å². The smallest absolute Gasteiger partial charge is 0.260 e. The molecule has 0 spiro atoms. The lowest BCUT2D eigenvalue weighted by atomic mass is 10.1. The number of hydrogen-bond donors (Lipinski definition) is 2. The zero-order valence-corrected chi connectivity index (χ0v) is 13.8. The first-order valence-corrected chi connectivity index (χ1v) is 7.73. The molecular formula is C16H19ClFN3O2. The molecule has 0 aliphatic carbocycles. The van der Waals surface area contributed by atoms with Gasteiger partial charge in [0.25, 0.3) is 5.91 Å². The molecule has 1 atom stereocenters. The second-order valence-electron chi connectivity index (χ2n) is 5.25. The van der Waals surface area contributed by atoms with Crippen LogP contribution in [-0.4, -0.2) is 28.8 Å². The van der Waals surface area contributed by atoms with Crippen LogP contribution in [0.2, 0.25) is 5.02 Å². The average molecular weight is 340 g/mol. The van der Waals surface area contributed by atoms with Crippen molar-refractivity contribution in [3.05, 3.63) is 46.5 Å². The molecule has 5 nitrogen and oxygen atoms in total. The van der Waals surface area contributed by atoms with Gasteiger partial charge < -0.3 is 10.1 Å². The number of aryl methyl sites for hydroxylation is 2. The second-order valence-corrected chi connectivity index (χ2v) is 5.66. The summed E-state index contributed by atoms with van der Waals surface area (Å²) < 4.78 is 18.4. The molecule has 2 N–H and O–H groups in total. The molecule has 0 bridgehead atoms. The number of amides is 1. The molecule has 23 heavy (non-hydrogen) atoms. The number of nitrogens with zero attached hydrogens (tertiary/aromatic N) is 1. The Hall–Kier alpha value is -2.08. The maximum absolute atomic E-state index is 13.0. The maximum atomic E-state index is 13.0. The van der Waals surface area contributed by atoms with Crippen molar-refractivity contribution in [2.75, 3.05) is 6.54 Å². The molecule has 2 rings (SSSR count). The number of aromatic amines is 1. The van der Waals surface area contributed by atoms with Crippen LogP contribution in [0.5, 0.6) is 5.75 Å². The van der Waals surface area contributed by atoms with Crippen LogP contribution in [0.15, 0.2) is 24.4 Å². The largest absolute Gasteiger partial charge is 0.479 e. The predicted octanol–water partition coefficient (Wildman–Crippen LogP) is 3.03. The third-order valence-corrected chi connectivity index (χ3v) is 3.72. The summed E-state index contributed by atoms with van der Waals surface area (Å²) in [6.45, 7) is 4.12. The normalized spacial score (nSPS) is 12.0. The van der Waals surface area contributed by atoms with E-state index in [9.17, 15) is 9.18 Å². The molecule has 1 aromatic carbocycles. The zero-order chi connectivity index (χ0) is 16.8. The topological polar surface area (TPSA) is 67.0 Å². The predicted molar refractivity (Wildman–Crippen MR) is 86.2 cm³/mol. The summed E-state index contributed by atoms with van der Waals surface area (Å²) in [7, 11) is 0. The van der Waals surface area contributed by atoms with Crippen LogP contribution in [0.3, 0.4) is 0 Å². The van der Waals surface area contributed by atoms with E-state index < -0.39 is 11.9 Å². The lowest BCUT2D eigenvalue weighted by Crippen LogP contribution is -2.37. The minimum atomic E-state index is -0.714. The third-order valence-electron chi connectivity index (χ3n) is 3.42. The van der Waals surface area contributed by atoms with E-state index in [1.807, 2.05) is 6.92 Å². The molecule has 1 aromatic heterocycles. The number of ether oxygens (including phenoxy) is 1. The number of hydrogen-bond acceptors (Lipinski definition) is 3. The fourth-order valence-electron chi connectivity index (χ4n) is 2.08. The van der Waals surface area contributed by atoms with Gasteiger partial charge in [0.05, 0.1) is 11.2 Å². The third kappa shape index (κ3) is 4.96. The summed E-state index contributed by atoms with van der Waals surface area (Å²) in [6.07, 6.45) is 2.71. The lowest BCUT2D eigenvalue weighted by Gasteiger charge is -2.15. The molecule has 7 heteroatoms. The summed E-state index contributed by atoms with van der Waals surface area (Å²) >= 11 is 5.87. The number of benzene rings is 1. The van der Waals surface area contributed by atoms with Crippen LogP contribution in [0.1, 0.15) is 24.6 Å². The summed E-state index contributed by atoms with van der Waals surface area (Å²) in [5.74, 6) is -0.409. The molecule has 1 heterocycles. The monoisotopic (exact) mass is 339 g/mol. The highest BCUT2D eigenvalue weighted by atomic mass is 35.5. The van der Waals surface area contributed by atoms with E-state index in [-0.39, 0.29) is 16.7 Å². The molecule has 1 amide bonds. The zero-order valence-electron chi connectivity index (χ0n) is 13.0. The van der Waals surface area contributed by atoms with Crippen LogP contribution in [0.25, 0.3) is 0 Å². The van der Waals surface area contributed by atoms with Gasteiger partial charge in [0.1, 0.15) is 11.6 Å². The van der Waals surface area contributed by atoms with Crippen molar-refractivity contribution in [1.29, 1.82) is 0 Å². The van der Waals surface area contributed by atoms with E-state index in [0.717, 1.165) is 30.2 Å². The molecule has 0 radical (unpaired) electrons. The van der Waals surface area contributed by atoms with Crippen molar-refractivity contribution in [3.63, 3.8) is 0 Å². The standard InChI is InChI=1S/C16H19ClFN3O2/c1-10-12(9-20-21-10)4-3-7-19-16(22)11(2)23-15-6-5-13(18)8-14(15)17/h5-6,8-9,11H,3-4,7H2,1-2H3,(H,19,22)(H,20,21)/t11-/m0/s1. The highest BCUT2D eigenvalue weighted by Gasteiger charge is 2.16. The Kier molecular flexibility index (Phi) is 5.98. The van der Waals surface area contributed by atoms with Crippen LogP contribution in [0.4, 0.5) is 4.39 Å². The molecule has 0 aliphatic heterocycles. The van der Waals surface area contributed by atoms with E-state index in [1.54, 1.807) is 13.1 Å². The van der Waals surface area contributed by atoms with E-state index in [4.69, 9.17) is 16.3 Å². The molecule has 0 unspecified atom stereocenters. The Bertz CT molecular complexity index is 675. The quantitative estimate of drug-likeness (QED) is 0.762. The minimum Gasteiger partial charge on any atom is -0.479 e. The Balaban J connectivity index is 1.75. The summed E-state index contributed by atoms with van der Waals surface area (Å²) in [6, 6.07) is 3.79. The minimum absolute atomic E-state index is 0.139. The van der Waals surface area contributed by atoms with Gasteiger partial charge in [-0.15, -0.1) is 0 Å². The number of carbonyl (C=O) groups excluding carboxylic acids is 1. The van der Waals surface area contributed by atoms with Crippen molar-refractivity contribution >= 4 is 17.5 Å². The van der Waals surface area contributed by atoms with Gasteiger partial charge in [-0.25, -0.2) is 4.39 Å². The fourth-order valence-corrected chi connectivity index (χ4v) is 2.29. The number of carbonyl (C=O) groups is 1. The van der Waals surface area contributed by atoms with Crippen LogP contribution < -0.4 is 10.1 Å². The van der Waals surface area contributed by atoms with E-state index in [0.29, 0.717) is 6.54 Å². The lowest BCUT2D eigenvalue weighted by molar-refractivity contribution is -0.127. The number of nitrogens with one attached hydrogen (secondary N) is 2. The van der Waals surface area contributed by atoms with Crippen molar-refractivity contribution in [2.24, 2.45) is 0 Å². The van der Waals surface area contributed by atoms with Gasteiger partial charge in [-0.1, -0.05) is 11.6 Å². The Morgan fingerprint density at radius 3 is 2.96 bits per heavy atom. The van der Waals surface area contributed by atoms with Gasteiger partial charge in [-0.05, 0) is 50.5 Å². The van der Waals surface area contributed by atoms with E-state index >= 15 is 0 Å². The molecule has 0 saturated carbocycles. The van der Waals surface area contributed by atoms with Crippen LogP contribution in [0, 0.1) is 12.7 Å². The molecule has 0 saturated heterocycles. The summed E-state index contributed by atoms with van der Waals surface area (Å²) in [5.41, 5.74) is 2.18. The van der Waals surface area contributed by atoms with E-state index in [1.165, 1.54) is 12.1 Å². The fraction of sp³-hybridized carbons (Fsp3) is 0.375. The van der Waals surface area contributed by atoms with Gasteiger partial charge in [-0.2, -0.15) is 5.10 Å². The van der Waals surface area contributed by atoms with Gasteiger partial charge >= 0.3 is 0 Å². The van der Waals surface area contributed by atoms with Crippen molar-refractivity contribution in [1.82, 2.24) is 15.5 Å². The summed E-state index contributed by atoms with van der Waals surface area (Å²) in [5, 5.41) is 9.77. The maximum Gasteiger partial charge on any atom is 0.260 e. The number of halogens is 2. The highest BCUT2D eigenvalue weighted by Crippen LogP contribution is 2.25. The molecule has 0 fully saturated rings. The Morgan fingerprint density at radius 2 is 2.30 bits per heavy atom.